The summed E-state index contributed by atoms with van der Waals surface area (Å²) in [6.07, 6.45) is 2.44. The molecule has 1 heterocycles. The van der Waals surface area contributed by atoms with Crippen LogP contribution in [-0.2, 0) is 7.05 Å². The first-order chi connectivity index (χ1) is 8.47. The van der Waals surface area contributed by atoms with Crippen molar-refractivity contribution in [2.45, 2.75) is 13.3 Å². The van der Waals surface area contributed by atoms with Gasteiger partial charge < -0.3 is 15.5 Å². The maximum Gasteiger partial charge on any atom is 0.274 e. The molecular formula is C12H23N5O. The van der Waals surface area contributed by atoms with E-state index in [0.717, 1.165) is 19.5 Å². The minimum absolute atomic E-state index is 0.0452. The van der Waals surface area contributed by atoms with Crippen molar-refractivity contribution in [2.24, 2.45) is 7.05 Å². The second kappa shape index (κ2) is 6.39. The summed E-state index contributed by atoms with van der Waals surface area (Å²) in [5, 5.41) is 4.01. The van der Waals surface area contributed by atoms with E-state index in [0.29, 0.717) is 17.9 Å². The van der Waals surface area contributed by atoms with Crippen molar-refractivity contribution in [1.29, 1.82) is 0 Å². The molecule has 1 rings (SSSR count). The Balaban J connectivity index is 2.82. The number of nitrogens with zero attached hydrogens (tertiary/aromatic N) is 4. The van der Waals surface area contributed by atoms with Crippen molar-refractivity contribution in [1.82, 2.24) is 19.6 Å². The highest BCUT2D eigenvalue weighted by atomic mass is 16.2. The monoisotopic (exact) mass is 253 g/mol. The summed E-state index contributed by atoms with van der Waals surface area (Å²) in [7, 11) is 5.72. The second-order valence-electron chi connectivity index (χ2n) is 4.67. The van der Waals surface area contributed by atoms with Gasteiger partial charge in [-0.25, -0.2) is 0 Å². The molecule has 0 saturated heterocycles. The van der Waals surface area contributed by atoms with Gasteiger partial charge in [0.2, 0.25) is 0 Å². The molecule has 1 aromatic rings. The SMILES string of the molecule is CCCN(CCN(C)C)C(=O)c1c(N)cnn1C. The Hall–Kier alpha value is -1.56. The van der Waals surface area contributed by atoms with E-state index in [1.807, 2.05) is 19.0 Å². The van der Waals surface area contributed by atoms with Crippen LogP contribution in [0.2, 0.25) is 0 Å². The van der Waals surface area contributed by atoms with Crippen LogP contribution in [0.3, 0.4) is 0 Å². The normalized spacial score (nSPS) is 10.9. The van der Waals surface area contributed by atoms with Gasteiger partial charge in [0.25, 0.3) is 5.91 Å². The van der Waals surface area contributed by atoms with Gasteiger partial charge in [-0.3, -0.25) is 9.48 Å². The molecule has 1 amide bonds. The summed E-state index contributed by atoms with van der Waals surface area (Å²) >= 11 is 0. The lowest BCUT2D eigenvalue weighted by Crippen LogP contribution is -2.38. The average Bonchev–Trinajstić information content (AvgIpc) is 2.63. The van der Waals surface area contributed by atoms with E-state index in [9.17, 15) is 4.79 Å². The first-order valence-corrected chi connectivity index (χ1v) is 6.18. The van der Waals surface area contributed by atoms with Gasteiger partial charge in [-0.1, -0.05) is 6.92 Å². The van der Waals surface area contributed by atoms with Gasteiger partial charge in [0, 0.05) is 26.7 Å². The molecule has 0 bridgehead atoms. The number of likely N-dealkylation sites (N-methyl/N-ethyl adjacent to an activating group) is 1. The average molecular weight is 253 g/mol. The zero-order valence-electron chi connectivity index (χ0n) is 11.7. The number of nitrogens with two attached hydrogens (primary N) is 1. The number of aryl methyl sites for hydroxylation is 1. The Bertz CT molecular complexity index is 380. The first-order valence-electron chi connectivity index (χ1n) is 6.18. The van der Waals surface area contributed by atoms with Gasteiger partial charge >= 0.3 is 0 Å². The summed E-state index contributed by atoms with van der Waals surface area (Å²) in [5.74, 6) is -0.0452. The summed E-state index contributed by atoms with van der Waals surface area (Å²) < 4.78 is 1.54. The summed E-state index contributed by atoms with van der Waals surface area (Å²) in [5.41, 5.74) is 6.70. The number of anilines is 1. The number of amides is 1. The van der Waals surface area contributed by atoms with Gasteiger partial charge in [-0.2, -0.15) is 5.10 Å². The Morgan fingerprint density at radius 1 is 1.39 bits per heavy atom. The van der Waals surface area contributed by atoms with E-state index in [2.05, 4.69) is 16.9 Å². The highest BCUT2D eigenvalue weighted by Crippen LogP contribution is 2.12. The predicted octanol–water partition coefficient (Wildman–Crippen LogP) is 0.416. The molecule has 0 fully saturated rings. The van der Waals surface area contributed by atoms with Crippen molar-refractivity contribution in [2.75, 3.05) is 39.5 Å². The van der Waals surface area contributed by atoms with Crippen molar-refractivity contribution in [3.05, 3.63) is 11.9 Å². The Kier molecular flexibility index (Phi) is 5.15. The first kappa shape index (κ1) is 14.5. The molecule has 18 heavy (non-hydrogen) atoms. The molecule has 0 atom stereocenters. The van der Waals surface area contributed by atoms with E-state index in [1.165, 1.54) is 10.9 Å². The molecule has 0 aliphatic heterocycles. The predicted molar refractivity (Wildman–Crippen MR) is 72.4 cm³/mol. The quantitative estimate of drug-likeness (QED) is 0.797. The maximum absolute atomic E-state index is 12.4. The Labute approximate surface area is 108 Å². The maximum atomic E-state index is 12.4. The molecule has 6 nitrogen and oxygen atoms in total. The second-order valence-corrected chi connectivity index (χ2v) is 4.67. The third-order valence-corrected chi connectivity index (χ3v) is 2.77. The molecule has 6 heteroatoms. The van der Waals surface area contributed by atoms with Crippen molar-refractivity contribution in [3.8, 4) is 0 Å². The molecule has 0 spiro atoms. The highest BCUT2D eigenvalue weighted by Gasteiger charge is 2.21. The minimum atomic E-state index is -0.0452. The van der Waals surface area contributed by atoms with Crippen LogP contribution in [0.1, 0.15) is 23.8 Å². The number of hydrogen-bond donors (Lipinski definition) is 1. The number of nitrogen functional groups attached to an aromatic ring is 1. The molecule has 0 unspecified atom stereocenters. The number of aromatic nitrogens is 2. The van der Waals surface area contributed by atoms with E-state index in [1.54, 1.807) is 7.05 Å². The fourth-order valence-corrected chi connectivity index (χ4v) is 1.77. The molecule has 0 saturated carbocycles. The highest BCUT2D eigenvalue weighted by molar-refractivity contribution is 5.97. The van der Waals surface area contributed by atoms with Gasteiger partial charge in [-0.05, 0) is 20.5 Å². The van der Waals surface area contributed by atoms with Gasteiger partial charge in [0.1, 0.15) is 5.69 Å². The molecule has 1 aromatic heterocycles. The van der Waals surface area contributed by atoms with Gasteiger partial charge in [-0.15, -0.1) is 0 Å². The van der Waals surface area contributed by atoms with E-state index in [4.69, 9.17) is 5.73 Å². The Morgan fingerprint density at radius 3 is 2.50 bits per heavy atom. The summed E-state index contributed by atoms with van der Waals surface area (Å²) in [6.45, 7) is 4.33. The summed E-state index contributed by atoms with van der Waals surface area (Å²) in [4.78, 5) is 16.3. The van der Waals surface area contributed by atoms with E-state index in [-0.39, 0.29) is 5.91 Å². The van der Waals surface area contributed by atoms with Gasteiger partial charge in [0.05, 0.1) is 11.9 Å². The van der Waals surface area contributed by atoms with E-state index < -0.39 is 0 Å². The van der Waals surface area contributed by atoms with E-state index >= 15 is 0 Å². The zero-order valence-corrected chi connectivity index (χ0v) is 11.7. The fraction of sp³-hybridized carbons (Fsp3) is 0.667. The number of rotatable bonds is 6. The topological polar surface area (TPSA) is 67.4 Å². The lowest BCUT2D eigenvalue weighted by molar-refractivity contribution is 0.0735. The number of carbonyl (C=O) groups is 1. The molecule has 102 valence electrons. The fourth-order valence-electron chi connectivity index (χ4n) is 1.77. The lowest BCUT2D eigenvalue weighted by Gasteiger charge is -2.24. The van der Waals surface area contributed by atoms with Crippen molar-refractivity contribution >= 4 is 11.6 Å². The smallest absolute Gasteiger partial charge is 0.274 e. The van der Waals surface area contributed by atoms with Gasteiger partial charge in [0.15, 0.2) is 0 Å². The largest absolute Gasteiger partial charge is 0.396 e. The molecule has 0 aliphatic carbocycles. The zero-order chi connectivity index (χ0) is 13.7. The number of hydrogen-bond acceptors (Lipinski definition) is 4. The Morgan fingerprint density at radius 2 is 2.06 bits per heavy atom. The van der Waals surface area contributed by atoms with Crippen LogP contribution in [-0.4, -0.2) is 59.2 Å². The molecular weight excluding hydrogens is 230 g/mol. The molecule has 0 aliphatic rings. The van der Waals surface area contributed by atoms with Crippen LogP contribution in [0.4, 0.5) is 5.69 Å². The molecule has 0 radical (unpaired) electrons. The molecule has 2 N–H and O–H groups in total. The van der Waals surface area contributed by atoms with Crippen molar-refractivity contribution < 1.29 is 4.79 Å². The van der Waals surface area contributed by atoms with Crippen LogP contribution in [0, 0.1) is 0 Å². The minimum Gasteiger partial charge on any atom is -0.396 e. The van der Waals surface area contributed by atoms with Crippen LogP contribution in [0.15, 0.2) is 6.20 Å². The third kappa shape index (κ3) is 3.46. The lowest BCUT2D eigenvalue weighted by atomic mass is 10.3. The van der Waals surface area contributed by atoms with Crippen LogP contribution >= 0.6 is 0 Å². The molecule has 0 aromatic carbocycles. The van der Waals surface area contributed by atoms with Crippen LogP contribution in [0.5, 0.6) is 0 Å². The standard InChI is InChI=1S/C12H23N5O/c1-5-6-17(8-7-15(2)3)12(18)11-10(13)9-14-16(11)4/h9H,5-8,13H2,1-4H3. The third-order valence-electron chi connectivity index (χ3n) is 2.77. The van der Waals surface area contributed by atoms with Crippen molar-refractivity contribution in [3.63, 3.8) is 0 Å². The van der Waals surface area contributed by atoms with Crippen LogP contribution < -0.4 is 5.73 Å². The summed E-state index contributed by atoms with van der Waals surface area (Å²) in [6, 6.07) is 0. The number of carbonyl (C=O) groups excluding carboxylic acids is 1. The van der Waals surface area contributed by atoms with Crippen LogP contribution in [0.25, 0.3) is 0 Å².